The molecule has 2 aromatic carbocycles. The van der Waals surface area contributed by atoms with Crippen LogP contribution in [0.4, 0.5) is 5.69 Å². The zero-order valence-corrected chi connectivity index (χ0v) is 19.1. The molecular formula is C22H18ClN3O3S2. The summed E-state index contributed by atoms with van der Waals surface area (Å²) in [4.78, 5) is 32.1. The summed E-state index contributed by atoms with van der Waals surface area (Å²) in [5, 5.41) is 4.26. The number of benzene rings is 2. The van der Waals surface area contributed by atoms with Gasteiger partial charge in [-0.25, -0.2) is 4.98 Å². The molecule has 0 saturated heterocycles. The van der Waals surface area contributed by atoms with Crippen LogP contribution in [0.5, 0.6) is 5.75 Å². The molecule has 0 radical (unpaired) electrons. The lowest BCUT2D eigenvalue weighted by Crippen LogP contribution is -2.22. The van der Waals surface area contributed by atoms with Gasteiger partial charge in [0.2, 0.25) is 5.91 Å². The van der Waals surface area contributed by atoms with Gasteiger partial charge in [-0.2, -0.15) is 0 Å². The minimum atomic E-state index is -0.234. The third-order valence-electron chi connectivity index (χ3n) is 4.44. The van der Waals surface area contributed by atoms with Crippen LogP contribution in [0.1, 0.15) is 4.88 Å². The Bertz CT molecular complexity index is 1320. The van der Waals surface area contributed by atoms with Crippen LogP contribution in [0, 0.1) is 6.92 Å². The number of rotatable bonds is 6. The van der Waals surface area contributed by atoms with E-state index in [0.717, 1.165) is 4.88 Å². The summed E-state index contributed by atoms with van der Waals surface area (Å²) in [7, 11) is 1.53. The van der Waals surface area contributed by atoms with Gasteiger partial charge in [0.25, 0.3) is 5.56 Å². The molecule has 1 amide bonds. The summed E-state index contributed by atoms with van der Waals surface area (Å²) in [6.07, 6.45) is 0. The van der Waals surface area contributed by atoms with Gasteiger partial charge in [-0.1, -0.05) is 41.6 Å². The van der Waals surface area contributed by atoms with Gasteiger partial charge in [-0.15, -0.1) is 11.3 Å². The van der Waals surface area contributed by atoms with Crippen LogP contribution in [0.3, 0.4) is 0 Å². The molecule has 9 heteroatoms. The summed E-state index contributed by atoms with van der Waals surface area (Å²) < 4.78 is 6.68. The fraction of sp³-hybridized carbons (Fsp3) is 0.136. The quantitative estimate of drug-likeness (QED) is 0.311. The molecule has 2 heterocycles. The first-order valence-electron chi connectivity index (χ1n) is 9.31. The van der Waals surface area contributed by atoms with E-state index in [0.29, 0.717) is 37.5 Å². The van der Waals surface area contributed by atoms with Crippen molar-refractivity contribution in [2.45, 2.75) is 12.1 Å². The third kappa shape index (κ3) is 4.61. The third-order valence-corrected chi connectivity index (χ3v) is 6.62. The Kier molecular flexibility index (Phi) is 6.31. The second-order valence-electron chi connectivity index (χ2n) is 6.63. The Morgan fingerprint density at radius 2 is 2.00 bits per heavy atom. The number of aryl methyl sites for hydroxylation is 1. The minimum absolute atomic E-state index is 0.0821. The lowest BCUT2D eigenvalue weighted by Gasteiger charge is -2.12. The molecule has 0 aliphatic rings. The molecule has 4 rings (SSSR count). The maximum Gasteiger partial charge on any atom is 0.267 e. The molecule has 0 fully saturated rings. The topological polar surface area (TPSA) is 73.2 Å². The van der Waals surface area contributed by atoms with Crippen LogP contribution < -0.4 is 15.6 Å². The lowest BCUT2D eigenvalue weighted by atomic mass is 10.3. The number of amides is 1. The lowest BCUT2D eigenvalue weighted by molar-refractivity contribution is -0.113. The van der Waals surface area contributed by atoms with Crippen molar-refractivity contribution in [2.75, 3.05) is 18.2 Å². The molecule has 0 unspecified atom stereocenters. The number of para-hydroxylation sites is 1. The van der Waals surface area contributed by atoms with Gasteiger partial charge in [-0.3, -0.25) is 14.2 Å². The van der Waals surface area contributed by atoms with Crippen LogP contribution in [-0.4, -0.2) is 28.3 Å². The van der Waals surface area contributed by atoms with E-state index in [9.17, 15) is 9.59 Å². The highest BCUT2D eigenvalue weighted by Gasteiger charge is 2.16. The standard InChI is InChI=1S/C22H18ClN3O3S2/c1-13-10-16-20(31-13)25-22(26(21(16)28)15-6-4-3-5-7-15)30-12-19(27)24-14-8-9-18(29-2)17(23)11-14/h3-11H,12H2,1-2H3,(H,24,27). The van der Waals surface area contributed by atoms with Crippen LogP contribution in [0.15, 0.2) is 64.5 Å². The smallest absolute Gasteiger partial charge is 0.267 e. The molecule has 0 saturated carbocycles. The number of nitrogens with one attached hydrogen (secondary N) is 1. The minimum Gasteiger partial charge on any atom is -0.495 e. The maximum absolute atomic E-state index is 13.2. The first kappa shape index (κ1) is 21.4. The van der Waals surface area contributed by atoms with Crippen LogP contribution in [0.2, 0.25) is 5.02 Å². The highest BCUT2D eigenvalue weighted by Crippen LogP contribution is 2.28. The summed E-state index contributed by atoms with van der Waals surface area (Å²) in [6.45, 7) is 1.94. The number of carbonyl (C=O) groups is 1. The van der Waals surface area contributed by atoms with Gasteiger partial charge in [0, 0.05) is 10.6 Å². The number of thioether (sulfide) groups is 1. The molecule has 2 aromatic heterocycles. The van der Waals surface area contributed by atoms with Crippen molar-refractivity contribution in [3.8, 4) is 11.4 Å². The number of anilines is 1. The summed E-state index contributed by atoms with van der Waals surface area (Å²) in [6, 6.07) is 16.2. The normalized spacial score (nSPS) is 10.9. The number of ether oxygens (including phenoxy) is 1. The molecule has 1 N–H and O–H groups in total. The fourth-order valence-corrected chi connectivity index (χ4v) is 5.05. The maximum atomic E-state index is 13.2. The molecular weight excluding hydrogens is 454 g/mol. The van der Waals surface area contributed by atoms with E-state index in [1.54, 1.807) is 22.8 Å². The molecule has 0 aliphatic heterocycles. The number of hydrogen-bond acceptors (Lipinski definition) is 6. The molecule has 4 aromatic rings. The van der Waals surface area contributed by atoms with Gasteiger partial charge in [-0.05, 0) is 43.3 Å². The predicted molar refractivity (Wildman–Crippen MR) is 127 cm³/mol. The zero-order chi connectivity index (χ0) is 22.0. The summed E-state index contributed by atoms with van der Waals surface area (Å²) >= 11 is 8.79. The van der Waals surface area contributed by atoms with Gasteiger partial charge in [0.05, 0.1) is 29.0 Å². The molecule has 158 valence electrons. The Hall–Kier alpha value is -2.81. The molecule has 6 nitrogen and oxygen atoms in total. The van der Waals surface area contributed by atoms with E-state index in [4.69, 9.17) is 16.3 Å². The summed E-state index contributed by atoms with van der Waals surface area (Å²) in [5.74, 6) is 0.380. The van der Waals surface area contributed by atoms with E-state index < -0.39 is 0 Å². The van der Waals surface area contributed by atoms with Crippen molar-refractivity contribution in [1.29, 1.82) is 0 Å². The number of nitrogens with zero attached hydrogens (tertiary/aromatic N) is 2. The average Bonchev–Trinajstić information content (AvgIpc) is 3.14. The Labute approximate surface area is 191 Å². The second-order valence-corrected chi connectivity index (χ2v) is 9.22. The second kappa shape index (κ2) is 9.13. The van der Waals surface area contributed by atoms with Crippen molar-refractivity contribution >= 4 is 56.5 Å². The number of hydrogen-bond donors (Lipinski definition) is 1. The molecule has 0 spiro atoms. The van der Waals surface area contributed by atoms with Crippen molar-refractivity contribution < 1.29 is 9.53 Å². The van der Waals surface area contributed by atoms with Gasteiger partial charge < -0.3 is 10.1 Å². The van der Waals surface area contributed by atoms with Gasteiger partial charge in [0.1, 0.15) is 10.6 Å². The number of methoxy groups -OCH3 is 1. The fourth-order valence-electron chi connectivity index (χ4n) is 3.06. The molecule has 31 heavy (non-hydrogen) atoms. The predicted octanol–water partition coefficient (Wildman–Crippen LogP) is 5.15. The van der Waals surface area contributed by atoms with Crippen molar-refractivity contribution in [1.82, 2.24) is 9.55 Å². The Balaban J connectivity index is 1.61. The highest BCUT2D eigenvalue weighted by atomic mass is 35.5. The van der Waals surface area contributed by atoms with Crippen molar-refractivity contribution in [3.05, 3.63) is 74.9 Å². The molecule has 0 bridgehead atoms. The summed E-state index contributed by atoms with van der Waals surface area (Å²) in [5.41, 5.74) is 1.12. The van der Waals surface area contributed by atoms with Crippen LogP contribution in [0.25, 0.3) is 15.9 Å². The average molecular weight is 472 g/mol. The first-order chi connectivity index (χ1) is 15.0. The first-order valence-corrected chi connectivity index (χ1v) is 11.5. The van der Waals surface area contributed by atoms with Crippen LogP contribution in [-0.2, 0) is 4.79 Å². The van der Waals surface area contributed by atoms with E-state index >= 15 is 0 Å². The van der Waals surface area contributed by atoms with Gasteiger partial charge in [0.15, 0.2) is 5.16 Å². The number of thiophene rings is 1. The zero-order valence-electron chi connectivity index (χ0n) is 16.7. The van der Waals surface area contributed by atoms with E-state index in [1.807, 2.05) is 43.3 Å². The molecule has 0 aliphatic carbocycles. The highest BCUT2D eigenvalue weighted by molar-refractivity contribution is 7.99. The van der Waals surface area contributed by atoms with E-state index in [-0.39, 0.29) is 17.2 Å². The van der Waals surface area contributed by atoms with Crippen molar-refractivity contribution in [3.63, 3.8) is 0 Å². The molecule has 0 atom stereocenters. The van der Waals surface area contributed by atoms with E-state index in [1.165, 1.54) is 30.2 Å². The monoisotopic (exact) mass is 471 g/mol. The number of halogens is 1. The Morgan fingerprint density at radius 1 is 1.23 bits per heavy atom. The van der Waals surface area contributed by atoms with Crippen molar-refractivity contribution in [2.24, 2.45) is 0 Å². The van der Waals surface area contributed by atoms with E-state index in [2.05, 4.69) is 10.3 Å². The number of aromatic nitrogens is 2. The van der Waals surface area contributed by atoms with Gasteiger partial charge >= 0.3 is 0 Å². The largest absolute Gasteiger partial charge is 0.495 e. The van der Waals surface area contributed by atoms with Crippen LogP contribution >= 0.6 is 34.7 Å². The number of carbonyl (C=O) groups excluding carboxylic acids is 1. The SMILES string of the molecule is COc1ccc(NC(=O)CSc2nc3sc(C)cc3c(=O)n2-c2ccccc2)cc1Cl. The number of fused-ring (bicyclic) bond motifs is 1. The Morgan fingerprint density at radius 3 is 2.71 bits per heavy atom.